The van der Waals surface area contributed by atoms with Crippen molar-refractivity contribution in [1.29, 1.82) is 0 Å². The van der Waals surface area contributed by atoms with Crippen molar-refractivity contribution in [2.75, 3.05) is 5.32 Å². The van der Waals surface area contributed by atoms with Crippen LogP contribution < -0.4 is 10.6 Å². The molecule has 1 spiro atoms. The first kappa shape index (κ1) is 16.5. The number of quaternary nitrogens is 1. The number of imide groups is 1. The van der Waals surface area contributed by atoms with E-state index in [9.17, 15) is 14.4 Å². The molecule has 6 nitrogen and oxygen atoms in total. The number of likely N-dealkylation sites (tertiary alicyclic amines) is 1. The van der Waals surface area contributed by atoms with Crippen LogP contribution >= 0.6 is 11.6 Å². The van der Waals surface area contributed by atoms with Gasteiger partial charge in [0, 0.05) is 16.6 Å². The number of halogens is 1. The summed E-state index contributed by atoms with van der Waals surface area (Å²) in [5.41, 5.74) is 0.261. The zero-order chi connectivity index (χ0) is 18.1. The predicted molar refractivity (Wildman–Crippen MR) is 91.7 cm³/mol. The number of carbonyl (C=O) groups is 3. The molecule has 2 fully saturated rings. The van der Waals surface area contributed by atoms with Crippen LogP contribution in [0, 0.1) is 11.8 Å². The van der Waals surface area contributed by atoms with E-state index in [0.717, 1.165) is 0 Å². The number of benzene rings is 1. The van der Waals surface area contributed by atoms with Crippen LogP contribution in [0.5, 0.6) is 0 Å². The molecule has 7 heteroatoms. The van der Waals surface area contributed by atoms with Crippen LogP contribution in [-0.2, 0) is 19.9 Å². The number of anilines is 1. The smallest absolute Gasteiger partial charge is 0.291 e. The van der Waals surface area contributed by atoms with Gasteiger partial charge in [-0.25, -0.2) is 0 Å². The number of hydrogen-bond donors (Lipinski definition) is 2. The lowest BCUT2D eigenvalue weighted by molar-refractivity contribution is -0.730. The maximum absolute atomic E-state index is 13.2. The second kappa shape index (κ2) is 5.29. The molecule has 1 aromatic carbocycles. The maximum Gasteiger partial charge on any atom is 0.291 e. The first-order valence-electron chi connectivity index (χ1n) is 8.67. The van der Waals surface area contributed by atoms with E-state index in [1.165, 1.54) is 4.90 Å². The fourth-order valence-corrected chi connectivity index (χ4v) is 4.92. The summed E-state index contributed by atoms with van der Waals surface area (Å²) >= 11 is 6.16. The number of carbonyl (C=O) groups excluding carboxylic acids is 3. The third kappa shape index (κ3) is 1.92. The number of hydrogen-bond acceptors (Lipinski definition) is 3. The Hall–Kier alpha value is -1.92. The van der Waals surface area contributed by atoms with E-state index in [2.05, 4.69) is 5.32 Å². The van der Waals surface area contributed by atoms with Gasteiger partial charge in [-0.2, -0.15) is 0 Å². The molecule has 0 aromatic heterocycles. The highest BCUT2D eigenvalue weighted by atomic mass is 35.5. The SMILES string of the molecule is CC[C@@H](C)N1C(=O)[C@@H]2[C@H](C)[NH2+][C@@]3(C(=O)Nc4ccc(Cl)cc43)[C@@H]2C1=O. The summed E-state index contributed by atoms with van der Waals surface area (Å²) in [6, 6.07) is 4.88. The van der Waals surface area contributed by atoms with Crippen molar-refractivity contribution < 1.29 is 19.7 Å². The lowest BCUT2D eigenvalue weighted by Crippen LogP contribution is -2.98. The van der Waals surface area contributed by atoms with Gasteiger partial charge in [0.15, 0.2) is 0 Å². The van der Waals surface area contributed by atoms with E-state index in [1.807, 2.05) is 26.1 Å². The van der Waals surface area contributed by atoms with Crippen molar-refractivity contribution in [2.24, 2.45) is 11.8 Å². The molecule has 25 heavy (non-hydrogen) atoms. The van der Waals surface area contributed by atoms with Crippen LogP contribution in [0.1, 0.15) is 32.8 Å². The van der Waals surface area contributed by atoms with Crippen molar-refractivity contribution in [1.82, 2.24) is 4.90 Å². The molecule has 1 aromatic rings. The van der Waals surface area contributed by atoms with Crippen LogP contribution in [0.15, 0.2) is 18.2 Å². The molecule has 2 saturated heterocycles. The van der Waals surface area contributed by atoms with Gasteiger partial charge in [-0.05, 0) is 38.5 Å². The third-order valence-corrected chi connectivity index (χ3v) is 6.29. The van der Waals surface area contributed by atoms with Gasteiger partial charge in [0.1, 0.15) is 11.8 Å². The normalized spacial score (nSPS) is 34.5. The highest BCUT2D eigenvalue weighted by molar-refractivity contribution is 6.31. The Balaban J connectivity index is 1.89. The van der Waals surface area contributed by atoms with E-state index in [0.29, 0.717) is 22.7 Å². The minimum absolute atomic E-state index is 0.159. The van der Waals surface area contributed by atoms with Crippen LogP contribution in [0.4, 0.5) is 5.69 Å². The lowest BCUT2D eigenvalue weighted by Gasteiger charge is -2.28. The van der Waals surface area contributed by atoms with Gasteiger partial charge in [0.05, 0.1) is 11.7 Å². The van der Waals surface area contributed by atoms with Gasteiger partial charge >= 0.3 is 0 Å². The molecule has 3 amide bonds. The van der Waals surface area contributed by atoms with Gasteiger partial charge in [-0.3, -0.25) is 19.3 Å². The first-order valence-corrected chi connectivity index (χ1v) is 9.05. The highest BCUT2D eigenvalue weighted by Crippen LogP contribution is 2.49. The van der Waals surface area contributed by atoms with Crippen molar-refractivity contribution in [2.45, 2.75) is 44.8 Å². The van der Waals surface area contributed by atoms with E-state index < -0.39 is 17.4 Å². The topological polar surface area (TPSA) is 83.1 Å². The largest absolute Gasteiger partial charge is 0.326 e. The summed E-state index contributed by atoms with van der Waals surface area (Å²) < 4.78 is 0. The van der Waals surface area contributed by atoms with E-state index >= 15 is 0 Å². The Labute approximate surface area is 150 Å². The first-order chi connectivity index (χ1) is 11.8. The molecule has 3 heterocycles. The van der Waals surface area contributed by atoms with Crippen molar-refractivity contribution >= 4 is 35.0 Å². The van der Waals surface area contributed by atoms with Crippen molar-refractivity contribution in [3.05, 3.63) is 28.8 Å². The second-order valence-electron chi connectivity index (χ2n) is 7.35. The van der Waals surface area contributed by atoms with Crippen molar-refractivity contribution in [3.8, 4) is 0 Å². The Bertz CT molecular complexity index is 811. The minimum atomic E-state index is -1.11. The van der Waals surface area contributed by atoms with E-state index in [4.69, 9.17) is 11.6 Å². The molecule has 0 saturated carbocycles. The molecule has 3 N–H and O–H groups in total. The van der Waals surface area contributed by atoms with Crippen LogP contribution in [0.2, 0.25) is 5.02 Å². The number of nitrogens with two attached hydrogens (primary N) is 1. The minimum Gasteiger partial charge on any atom is -0.326 e. The van der Waals surface area contributed by atoms with Crippen LogP contribution in [-0.4, -0.2) is 34.7 Å². The van der Waals surface area contributed by atoms with Gasteiger partial charge in [-0.15, -0.1) is 0 Å². The average Bonchev–Trinajstić information content (AvgIpc) is 3.12. The zero-order valence-electron chi connectivity index (χ0n) is 14.4. The molecule has 0 bridgehead atoms. The summed E-state index contributed by atoms with van der Waals surface area (Å²) in [5.74, 6) is -1.82. The summed E-state index contributed by atoms with van der Waals surface area (Å²) in [4.78, 5) is 40.5. The average molecular weight is 363 g/mol. The molecule has 0 unspecified atom stereocenters. The lowest BCUT2D eigenvalue weighted by atomic mass is 9.76. The predicted octanol–water partition coefficient (Wildman–Crippen LogP) is 0.853. The number of nitrogens with one attached hydrogen (secondary N) is 1. The third-order valence-electron chi connectivity index (χ3n) is 6.05. The molecule has 0 radical (unpaired) electrons. The summed E-state index contributed by atoms with van der Waals surface area (Å²) in [7, 11) is 0. The quantitative estimate of drug-likeness (QED) is 0.765. The monoisotopic (exact) mass is 362 g/mol. The molecular formula is C18H21ClN3O3+. The van der Waals surface area contributed by atoms with Crippen LogP contribution in [0.25, 0.3) is 0 Å². The molecular weight excluding hydrogens is 342 g/mol. The Morgan fingerprint density at radius 3 is 2.72 bits per heavy atom. The van der Waals surface area contributed by atoms with E-state index in [-0.39, 0.29) is 29.8 Å². The molecule has 132 valence electrons. The second-order valence-corrected chi connectivity index (χ2v) is 7.78. The molecule has 0 aliphatic carbocycles. The Kier molecular flexibility index (Phi) is 3.50. The summed E-state index contributed by atoms with van der Waals surface area (Å²) in [6.45, 7) is 5.73. The van der Waals surface area contributed by atoms with Crippen LogP contribution in [0.3, 0.4) is 0 Å². The van der Waals surface area contributed by atoms with Crippen molar-refractivity contribution in [3.63, 3.8) is 0 Å². The molecule has 5 atom stereocenters. The van der Waals surface area contributed by atoms with Gasteiger partial charge in [0.2, 0.25) is 17.4 Å². The zero-order valence-corrected chi connectivity index (χ0v) is 15.1. The Morgan fingerprint density at radius 2 is 2.04 bits per heavy atom. The fraction of sp³-hybridized carbons (Fsp3) is 0.500. The van der Waals surface area contributed by atoms with Gasteiger partial charge in [-0.1, -0.05) is 18.5 Å². The van der Waals surface area contributed by atoms with Gasteiger partial charge < -0.3 is 10.6 Å². The standard InChI is InChI=1S/C18H20ClN3O3/c1-4-8(2)22-15(23)13-9(3)21-18(14(13)16(22)24)11-7-10(19)5-6-12(11)20-17(18)25/h5-9,13-14,21H,4H2,1-3H3,(H,20,25)/p+1/t8-,9+,13-,14+,18-/m1/s1. The maximum atomic E-state index is 13.2. The van der Waals surface area contributed by atoms with E-state index in [1.54, 1.807) is 18.2 Å². The highest BCUT2D eigenvalue weighted by Gasteiger charge is 2.73. The van der Waals surface area contributed by atoms with Gasteiger partial charge in [0.25, 0.3) is 5.91 Å². The number of amides is 3. The Morgan fingerprint density at radius 1 is 1.32 bits per heavy atom. The molecule has 3 aliphatic heterocycles. The number of nitrogens with zero attached hydrogens (tertiary/aromatic N) is 1. The number of rotatable bonds is 2. The molecule has 3 aliphatic rings. The molecule has 4 rings (SSSR count). The number of fused-ring (bicyclic) bond motifs is 4. The summed E-state index contributed by atoms with van der Waals surface area (Å²) in [5, 5.41) is 5.26. The summed E-state index contributed by atoms with van der Waals surface area (Å²) in [6.07, 6.45) is 0.691. The fourth-order valence-electron chi connectivity index (χ4n) is 4.75.